The van der Waals surface area contributed by atoms with Crippen molar-refractivity contribution in [1.82, 2.24) is 9.88 Å². The number of fused-ring (bicyclic) bond motifs is 6. The van der Waals surface area contributed by atoms with Crippen LogP contribution in [0.15, 0.2) is 36.1 Å². The summed E-state index contributed by atoms with van der Waals surface area (Å²) in [4.78, 5) is 18.5. The van der Waals surface area contributed by atoms with Gasteiger partial charge in [0.25, 0.3) is 0 Å². The first kappa shape index (κ1) is 18.4. The largest absolute Gasteiger partial charge is 0.497 e. The van der Waals surface area contributed by atoms with Crippen molar-refractivity contribution in [1.29, 1.82) is 0 Å². The number of halogens is 1. The Morgan fingerprint density at radius 1 is 1.33 bits per heavy atom. The van der Waals surface area contributed by atoms with Gasteiger partial charge in [0.05, 0.1) is 31.1 Å². The number of carbonyl (C=O) groups excluding carboxylic acids is 1. The summed E-state index contributed by atoms with van der Waals surface area (Å²) in [5.41, 5.74) is 4.69. The highest BCUT2D eigenvalue weighted by Crippen LogP contribution is 2.47. The number of hydrogen-bond donors (Lipinski definition) is 1. The van der Waals surface area contributed by atoms with Gasteiger partial charge in [-0.15, -0.1) is 12.4 Å². The molecule has 3 unspecified atom stereocenters. The highest BCUT2D eigenvalue weighted by molar-refractivity contribution is 5.89. The summed E-state index contributed by atoms with van der Waals surface area (Å²) in [6, 6.07) is 8.88. The van der Waals surface area contributed by atoms with Gasteiger partial charge in [-0.05, 0) is 31.4 Å². The number of piperidine rings is 1. The van der Waals surface area contributed by atoms with Crippen molar-refractivity contribution in [3.05, 3.63) is 47.4 Å². The number of aromatic amines is 1. The average Bonchev–Trinajstić information content (AvgIpc) is 3.06. The van der Waals surface area contributed by atoms with E-state index in [1.165, 1.54) is 29.3 Å². The molecule has 2 aromatic rings. The van der Waals surface area contributed by atoms with Crippen LogP contribution in [0.2, 0.25) is 0 Å². The molecule has 1 aromatic heterocycles. The number of hydrogen-bond acceptors (Lipinski definition) is 4. The zero-order valence-electron chi connectivity index (χ0n) is 15.6. The van der Waals surface area contributed by atoms with Crippen molar-refractivity contribution in [2.45, 2.75) is 31.9 Å². The van der Waals surface area contributed by atoms with E-state index >= 15 is 0 Å². The Kier molecular flexibility index (Phi) is 4.68. The molecule has 6 heteroatoms. The summed E-state index contributed by atoms with van der Waals surface area (Å²) < 4.78 is 10.8. The quantitative estimate of drug-likeness (QED) is 0.758. The van der Waals surface area contributed by atoms with Crippen LogP contribution in [0.3, 0.4) is 0 Å². The van der Waals surface area contributed by atoms with Crippen LogP contribution in [-0.4, -0.2) is 42.2 Å². The fourth-order valence-corrected chi connectivity index (χ4v) is 5.19. The third kappa shape index (κ3) is 2.75. The van der Waals surface area contributed by atoms with E-state index in [1.807, 2.05) is 0 Å². The minimum Gasteiger partial charge on any atom is -0.497 e. The second-order valence-electron chi connectivity index (χ2n) is 7.74. The van der Waals surface area contributed by atoms with Crippen molar-refractivity contribution in [2.24, 2.45) is 11.8 Å². The monoisotopic (exact) mass is 388 g/mol. The van der Waals surface area contributed by atoms with E-state index in [0.717, 1.165) is 25.9 Å². The fourth-order valence-electron chi connectivity index (χ4n) is 5.19. The van der Waals surface area contributed by atoms with Gasteiger partial charge in [0, 0.05) is 41.5 Å². The lowest BCUT2D eigenvalue weighted by atomic mass is 9.72. The summed E-state index contributed by atoms with van der Waals surface area (Å²) in [6.45, 7) is 4.13. The number of ether oxygens (including phenoxy) is 2. The maximum absolute atomic E-state index is 12.3. The Hall–Kier alpha value is -1.98. The predicted molar refractivity (Wildman–Crippen MR) is 106 cm³/mol. The third-order valence-electron chi connectivity index (χ3n) is 6.54. The molecular formula is C21H25ClN2O3. The minimum absolute atomic E-state index is 0. The summed E-state index contributed by atoms with van der Waals surface area (Å²) >= 11 is 0. The topological polar surface area (TPSA) is 54.6 Å². The van der Waals surface area contributed by atoms with E-state index in [4.69, 9.17) is 9.47 Å². The number of para-hydroxylation sites is 1. The van der Waals surface area contributed by atoms with Gasteiger partial charge in [0.15, 0.2) is 0 Å². The van der Waals surface area contributed by atoms with Crippen molar-refractivity contribution < 1.29 is 14.3 Å². The van der Waals surface area contributed by atoms with Crippen molar-refractivity contribution >= 4 is 29.3 Å². The Balaban J connectivity index is 0.00000180. The number of nitrogens with zero attached hydrogens (tertiary/aromatic N) is 1. The number of nitrogens with one attached hydrogen (secondary N) is 1. The van der Waals surface area contributed by atoms with Crippen LogP contribution in [-0.2, 0) is 20.7 Å². The van der Waals surface area contributed by atoms with Gasteiger partial charge in [-0.1, -0.05) is 18.2 Å². The maximum atomic E-state index is 12.3. The maximum Gasteiger partial charge on any atom is 0.337 e. The molecule has 0 bridgehead atoms. The molecule has 4 atom stereocenters. The molecule has 27 heavy (non-hydrogen) atoms. The fraction of sp³-hybridized carbons (Fsp3) is 0.476. The second kappa shape index (κ2) is 6.88. The Bertz CT molecular complexity index is 906. The number of aromatic nitrogens is 1. The highest BCUT2D eigenvalue weighted by Gasteiger charge is 2.46. The molecule has 1 aromatic carbocycles. The smallest absolute Gasteiger partial charge is 0.337 e. The lowest BCUT2D eigenvalue weighted by Gasteiger charge is -2.49. The molecule has 0 spiro atoms. The normalized spacial score (nSPS) is 29.5. The lowest BCUT2D eigenvalue weighted by Crippen LogP contribution is -2.51. The van der Waals surface area contributed by atoms with Gasteiger partial charge in [-0.2, -0.15) is 0 Å². The summed E-state index contributed by atoms with van der Waals surface area (Å²) in [5, 5.41) is 1.34. The van der Waals surface area contributed by atoms with Crippen LogP contribution < -0.4 is 0 Å². The summed E-state index contributed by atoms with van der Waals surface area (Å²) in [6.07, 6.45) is 3.77. The standard InChI is InChI=1S/C21H24N2O3.ClH/c1-12-16-10-23-8-7-14-13-5-3-4-6-18(13)22-20(14)19(23)9-15(16)17(11-26-12)21(24)25-2;/h3-6,11-12,15-16,19,22H,7-10H2,1-2H3;1H/t12?,15?,16-,19?;/m1./s1. The first-order valence-electron chi connectivity index (χ1n) is 9.44. The van der Waals surface area contributed by atoms with Crippen molar-refractivity contribution in [3.8, 4) is 0 Å². The zero-order chi connectivity index (χ0) is 17.8. The van der Waals surface area contributed by atoms with Crippen molar-refractivity contribution in [2.75, 3.05) is 20.2 Å². The van der Waals surface area contributed by atoms with E-state index in [2.05, 4.69) is 41.1 Å². The average molecular weight is 389 g/mol. The van der Waals surface area contributed by atoms with Gasteiger partial charge in [0.1, 0.15) is 0 Å². The van der Waals surface area contributed by atoms with E-state index < -0.39 is 0 Å². The Morgan fingerprint density at radius 2 is 2.15 bits per heavy atom. The molecule has 0 radical (unpaired) electrons. The number of esters is 1. The van der Waals surface area contributed by atoms with Crippen LogP contribution in [0.25, 0.3) is 10.9 Å². The molecule has 1 saturated heterocycles. The molecule has 144 valence electrons. The molecule has 4 heterocycles. The Morgan fingerprint density at radius 3 is 2.96 bits per heavy atom. The van der Waals surface area contributed by atoms with Gasteiger partial charge >= 0.3 is 5.97 Å². The van der Waals surface area contributed by atoms with E-state index in [1.54, 1.807) is 6.26 Å². The number of carbonyl (C=O) groups is 1. The molecule has 0 saturated carbocycles. The number of rotatable bonds is 1. The van der Waals surface area contributed by atoms with Crippen LogP contribution in [0.4, 0.5) is 0 Å². The van der Waals surface area contributed by atoms with Crippen LogP contribution in [0.5, 0.6) is 0 Å². The highest BCUT2D eigenvalue weighted by atomic mass is 35.5. The molecule has 1 N–H and O–H groups in total. The van der Waals surface area contributed by atoms with E-state index in [-0.39, 0.29) is 30.4 Å². The van der Waals surface area contributed by atoms with E-state index in [9.17, 15) is 4.79 Å². The third-order valence-corrected chi connectivity index (χ3v) is 6.54. The molecule has 0 amide bonds. The van der Waals surface area contributed by atoms with Crippen LogP contribution in [0, 0.1) is 11.8 Å². The Labute approximate surface area is 165 Å². The van der Waals surface area contributed by atoms with Gasteiger partial charge in [-0.25, -0.2) is 4.79 Å². The van der Waals surface area contributed by atoms with Gasteiger partial charge in [-0.3, -0.25) is 4.90 Å². The number of methoxy groups -OCH3 is 1. The van der Waals surface area contributed by atoms with Crippen LogP contribution >= 0.6 is 12.4 Å². The molecule has 3 aliphatic heterocycles. The van der Waals surface area contributed by atoms with Gasteiger partial charge in [0.2, 0.25) is 0 Å². The first-order valence-corrected chi connectivity index (χ1v) is 9.44. The van der Waals surface area contributed by atoms with Crippen molar-refractivity contribution in [3.63, 3.8) is 0 Å². The summed E-state index contributed by atoms with van der Waals surface area (Å²) in [7, 11) is 1.45. The lowest BCUT2D eigenvalue weighted by molar-refractivity contribution is -0.139. The number of H-pyrrole nitrogens is 1. The molecule has 5 rings (SSSR count). The molecule has 3 aliphatic rings. The van der Waals surface area contributed by atoms with Crippen LogP contribution in [0.1, 0.15) is 30.6 Å². The summed E-state index contributed by atoms with van der Waals surface area (Å²) in [5.74, 6) is 0.258. The molecule has 1 fully saturated rings. The second-order valence-corrected chi connectivity index (χ2v) is 7.74. The molecular weight excluding hydrogens is 364 g/mol. The van der Waals surface area contributed by atoms with Gasteiger partial charge < -0.3 is 14.5 Å². The first-order chi connectivity index (χ1) is 12.7. The zero-order valence-corrected chi connectivity index (χ0v) is 16.4. The predicted octanol–water partition coefficient (Wildman–Crippen LogP) is 3.60. The molecule has 0 aliphatic carbocycles. The number of benzene rings is 1. The minimum atomic E-state index is -0.256. The van der Waals surface area contributed by atoms with E-state index in [0.29, 0.717) is 17.5 Å². The molecule has 5 nitrogen and oxygen atoms in total. The SMILES string of the molecule is COC(=O)C1=COC(C)[C@H]2CN3CCc4c([nH]c5ccccc45)C3CC12.Cl.